The number of piperidine rings is 1. The molecule has 0 bridgehead atoms. The molecule has 0 spiro atoms. The van der Waals surface area contributed by atoms with Gasteiger partial charge in [0, 0.05) is 38.8 Å². The minimum atomic E-state index is -0.143. The third-order valence-electron chi connectivity index (χ3n) is 5.01. The van der Waals surface area contributed by atoms with E-state index in [2.05, 4.69) is 32.7 Å². The molecule has 2 heterocycles. The first-order valence-corrected chi connectivity index (χ1v) is 9.34. The van der Waals surface area contributed by atoms with Crippen LogP contribution in [-0.4, -0.2) is 36.9 Å². The lowest BCUT2D eigenvalue weighted by Gasteiger charge is -2.33. The van der Waals surface area contributed by atoms with Gasteiger partial charge in [-0.15, -0.1) is 0 Å². The number of aromatic nitrogens is 1. The van der Waals surface area contributed by atoms with Crippen molar-refractivity contribution >= 4 is 17.6 Å². The summed E-state index contributed by atoms with van der Waals surface area (Å²) in [7, 11) is 1.61. The van der Waals surface area contributed by atoms with Crippen molar-refractivity contribution in [2.45, 2.75) is 26.3 Å². The molecule has 27 heavy (non-hydrogen) atoms. The highest BCUT2D eigenvalue weighted by Gasteiger charge is 2.27. The molecule has 0 unspecified atom stereocenters. The van der Waals surface area contributed by atoms with Crippen molar-refractivity contribution in [3.8, 4) is 0 Å². The maximum absolute atomic E-state index is 12.5. The van der Waals surface area contributed by atoms with Gasteiger partial charge in [-0.1, -0.05) is 29.8 Å². The van der Waals surface area contributed by atoms with Crippen LogP contribution in [0.15, 0.2) is 42.6 Å². The maximum Gasteiger partial charge on any atom is 0.254 e. The van der Waals surface area contributed by atoms with E-state index >= 15 is 0 Å². The Kier molecular flexibility index (Phi) is 6.06. The largest absolute Gasteiger partial charge is 0.356 e. The zero-order valence-electron chi connectivity index (χ0n) is 15.9. The van der Waals surface area contributed by atoms with Gasteiger partial charge in [-0.05, 0) is 37.5 Å². The van der Waals surface area contributed by atoms with Crippen LogP contribution in [0.3, 0.4) is 0 Å². The highest BCUT2D eigenvalue weighted by Crippen LogP contribution is 2.24. The summed E-state index contributed by atoms with van der Waals surface area (Å²) in [4.78, 5) is 31.0. The Hall–Kier alpha value is -2.89. The number of nitrogens with one attached hydrogen (secondary N) is 2. The second-order valence-corrected chi connectivity index (χ2v) is 6.92. The molecule has 0 atom stereocenters. The summed E-state index contributed by atoms with van der Waals surface area (Å²) in [6.07, 6.45) is 3.20. The molecule has 0 saturated carbocycles. The third kappa shape index (κ3) is 4.64. The highest BCUT2D eigenvalue weighted by atomic mass is 16.2. The van der Waals surface area contributed by atoms with Gasteiger partial charge in [0.25, 0.3) is 5.91 Å². The summed E-state index contributed by atoms with van der Waals surface area (Å²) in [5.74, 6) is 0.646. The lowest BCUT2D eigenvalue weighted by Crippen LogP contribution is -2.41. The van der Waals surface area contributed by atoms with Gasteiger partial charge in [0.15, 0.2) is 0 Å². The third-order valence-corrected chi connectivity index (χ3v) is 5.01. The summed E-state index contributed by atoms with van der Waals surface area (Å²) < 4.78 is 0. The molecule has 0 radical (unpaired) electrons. The molecule has 0 aliphatic carbocycles. The van der Waals surface area contributed by atoms with Gasteiger partial charge in [-0.2, -0.15) is 0 Å². The van der Waals surface area contributed by atoms with Crippen LogP contribution in [-0.2, 0) is 11.3 Å². The van der Waals surface area contributed by atoms with Gasteiger partial charge in [0.1, 0.15) is 5.82 Å². The lowest BCUT2D eigenvalue weighted by atomic mass is 9.95. The molecule has 2 aromatic rings. The van der Waals surface area contributed by atoms with Crippen molar-refractivity contribution in [1.82, 2.24) is 15.6 Å². The molecule has 1 fully saturated rings. The van der Waals surface area contributed by atoms with E-state index < -0.39 is 0 Å². The number of carbonyl (C=O) groups excluding carboxylic acids is 2. The molecule has 6 heteroatoms. The maximum atomic E-state index is 12.5. The smallest absolute Gasteiger partial charge is 0.254 e. The van der Waals surface area contributed by atoms with E-state index in [1.165, 1.54) is 5.56 Å². The number of hydrogen-bond acceptors (Lipinski definition) is 4. The molecule has 1 saturated heterocycles. The predicted molar refractivity (Wildman–Crippen MR) is 106 cm³/mol. The van der Waals surface area contributed by atoms with E-state index in [-0.39, 0.29) is 17.7 Å². The van der Waals surface area contributed by atoms with Crippen molar-refractivity contribution in [1.29, 1.82) is 0 Å². The van der Waals surface area contributed by atoms with Gasteiger partial charge < -0.3 is 15.5 Å². The number of carbonyl (C=O) groups is 2. The van der Waals surface area contributed by atoms with Crippen molar-refractivity contribution < 1.29 is 9.59 Å². The second kappa shape index (κ2) is 8.66. The number of benzene rings is 1. The van der Waals surface area contributed by atoms with E-state index in [0.717, 1.165) is 18.4 Å². The summed E-state index contributed by atoms with van der Waals surface area (Å²) in [6.45, 7) is 4.03. The molecule has 1 aromatic carbocycles. The Morgan fingerprint density at radius 3 is 2.52 bits per heavy atom. The zero-order valence-corrected chi connectivity index (χ0v) is 15.9. The van der Waals surface area contributed by atoms with E-state index in [4.69, 9.17) is 0 Å². The van der Waals surface area contributed by atoms with Crippen LogP contribution in [0.25, 0.3) is 0 Å². The highest BCUT2D eigenvalue weighted by molar-refractivity contribution is 5.98. The van der Waals surface area contributed by atoms with Crippen molar-refractivity contribution in [2.75, 3.05) is 25.0 Å². The van der Waals surface area contributed by atoms with Gasteiger partial charge >= 0.3 is 0 Å². The first-order valence-electron chi connectivity index (χ1n) is 9.34. The first kappa shape index (κ1) is 18.9. The average molecular weight is 366 g/mol. The van der Waals surface area contributed by atoms with Crippen LogP contribution in [0, 0.1) is 12.8 Å². The molecule has 1 aliphatic heterocycles. The quantitative estimate of drug-likeness (QED) is 0.851. The number of aryl methyl sites for hydroxylation is 1. The molecule has 2 amide bonds. The van der Waals surface area contributed by atoms with Crippen LogP contribution in [0.5, 0.6) is 0 Å². The van der Waals surface area contributed by atoms with E-state index in [1.807, 2.05) is 19.1 Å². The topological polar surface area (TPSA) is 74.3 Å². The Morgan fingerprint density at radius 2 is 1.85 bits per heavy atom. The van der Waals surface area contributed by atoms with Crippen molar-refractivity contribution in [2.24, 2.45) is 5.92 Å². The summed E-state index contributed by atoms with van der Waals surface area (Å²) >= 11 is 0. The summed E-state index contributed by atoms with van der Waals surface area (Å²) in [5.41, 5.74) is 2.89. The zero-order chi connectivity index (χ0) is 19.2. The Bertz CT molecular complexity index is 796. The number of anilines is 1. The molecular formula is C21H26N4O2. The van der Waals surface area contributed by atoms with Gasteiger partial charge in [0.2, 0.25) is 5.91 Å². The normalized spacial score (nSPS) is 14.7. The fraction of sp³-hybridized carbons (Fsp3) is 0.381. The molecule has 2 N–H and O–H groups in total. The van der Waals surface area contributed by atoms with Crippen molar-refractivity contribution in [3.05, 3.63) is 59.3 Å². The standard InChI is InChI=1S/C21H26N4O2/c1-15-5-7-16(8-6-15)14-24-20(26)17-9-12-25(13-10-17)19-18(21(27)22-2)4-3-11-23-19/h3-8,11,17H,9-10,12-14H2,1-2H3,(H,22,27)(H,24,26). The average Bonchev–Trinajstić information content (AvgIpc) is 2.72. The van der Waals surface area contributed by atoms with Crippen LogP contribution >= 0.6 is 0 Å². The SMILES string of the molecule is CNC(=O)c1cccnc1N1CCC(C(=O)NCc2ccc(C)cc2)CC1. The van der Waals surface area contributed by atoms with Crippen LogP contribution in [0.4, 0.5) is 5.82 Å². The van der Waals surface area contributed by atoms with Gasteiger partial charge in [-0.3, -0.25) is 9.59 Å². The fourth-order valence-electron chi connectivity index (χ4n) is 3.35. The minimum absolute atomic E-state index is 0.00105. The molecule has 1 aliphatic rings. The summed E-state index contributed by atoms with van der Waals surface area (Å²) in [5, 5.41) is 5.70. The summed E-state index contributed by atoms with van der Waals surface area (Å²) in [6, 6.07) is 11.7. The fourth-order valence-corrected chi connectivity index (χ4v) is 3.35. The first-order chi connectivity index (χ1) is 13.1. The van der Waals surface area contributed by atoms with Gasteiger partial charge in [-0.25, -0.2) is 4.98 Å². The van der Waals surface area contributed by atoms with Crippen LogP contribution in [0.1, 0.15) is 34.3 Å². The van der Waals surface area contributed by atoms with E-state index in [9.17, 15) is 9.59 Å². The van der Waals surface area contributed by atoms with Crippen LogP contribution in [0.2, 0.25) is 0 Å². The monoisotopic (exact) mass is 366 g/mol. The number of pyridine rings is 1. The molecular weight excluding hydrogens is 340 g/mol. The second-order valence-electron chi connectivity index (χ2n) is 6.92. The molecule has 142 valence electrons. The Labute approximate surface area is 160 Å². The Morgan fingerprint density at radius 1 is 1.15 bits per heavy atom. The molecule has 3 rings (SSSR count). The van der Waals surface area contributed by atoms with Crippen molar-refractivity contribution in [3.63, 3.8) is 0 Å². The number of nitrogens with zero attached hydrogens (tertiary/aromatic N) is 2. The van der Waals surface area contributed by atoms with Gasteiger partial charge in [0.05, 0.1) is 5.56 Å². The predicted octanol–water partition coefficient (Wildman–Crippen LogP) is 2.28. The minimum Gasteiger partial charge on any atom is -0.356 e. The number of hydrogen-bond donors (Lipinski definition) is 2. The van der Waals surface area contributed by atoms with Crippen LogP contribution < -0.4 is 15.5 Å². The van der Waals surface area contributed by atoms with E-state index in [0.29, 0.717) is 31.0 Å². The number of rotatable bonds is 5. The number of amides is 2. The lowest BCUT2D eigenvalue weighted by molar-refractivity contribution is -0.125. The molecule has 1 aromatic heterocycles. The molecule has 6 nitrogen and oxygen atoms in total. The van der Waals surface area contributed by atoms with E-state index in [1.54, 1.807) is 25.4 Å². The Balaban J connectivity index is 1.55.